The summed E-state index contributed by atoms with van der Waals surface area (Å²) in [4.78, 5) is 22.3. The third-order valence-electron chi connectivity index (χ3n) is 2.19. The third-order valence-corrected chi connectivity index (χ3v) is 2.41. The number of carboxylic acids is 1. The Balaban J connectivity index is 2.11. The number of nitrogens with one attached hydrogen (secondary N) is 1. The molecule has 1 heterocycles. The van der Waals surface area contributed by atoms with Crippen LogP contribution in [0.15, 0.2) is 24.4 Å². The molecule has 0 radical (unpaired) electrons. The monoisotopic (exact) mass is 298 g/mol. The number of carbonyl (C=O) groups excluding carboxylic acids is 1. The molecule has 0 bridgehead atoms. The Kier molecular flexibility index (Phi) is 3.94. The molecule has 0 atom stereocenters. The molecule has 0 aliphatic rings. The predicted molar refractivity (Wildman–Crippen MR) is 67.0 cm³/mol. The van der Waals surface area contributed by atoms with E-state index in [-0.39, 0.29) is 16.4 Å². The van der Waals surface area contributed by atoms with E-state index in [1.54, 1.807) is 0 Å². The van der Waals surface area contributed by atoms with E-state index in [9.17, 15) is 14.0 Å². The van der Waals surface area contributed by atoms with Gasteiger partial charge >= 0.3 is 5.97 Å². The van der Waals surface area contributed by atoms with Crippen LogP contribution in [-0.2, 0) is 11.3 Å². The largest absolute Gasteiger partial charge is 0.480 e. The average molecular weight is 299 g/mol. The number of amides is 1. The number of rotatable bonds is 4. The lowest BCUT2D eigenvalue weighted by Crippen LogP contribution is -2.13. The van der Waals surface area contributed by atoms with Crippen LogP contribution in [0.4, 0.5) is 10.1 Å². The first kappa shape index (κ1) is 13.9. The summed E-state index contributed by atoms with van der Waals surface area (Å²) in [5, 5.41) is 18.1. The molecular formula is C11H8ClFN4O3. The lowest BCUT2D eigenvalue weighted by molar-refractivity contribution is -0.137. The van der Waals surface area contributed by atoms with Crippen LogP contribution in [0.3, 0.4) is 0 Å². The van der Waals surface area contributed by atoms with Crippen LogP contribution in [0.5, 0.6) is 0 Å². The highest BCUT2D eigenvalue weighted by Gasteiger charge is 2.13. The van der Waals surface area contributed by atoms with Gasteiger partial charge in [-0.15, -0.1) is 5.10 Å². The van der Waals surface area contributed by atoms with E-state index < -0.39 is 24.2 Å². The first-order valence-corrected chi connectivity index (χ1v) is 5.71. The first-order valence-electron chi connectivity index (χ1n) is 5.33. The highest BCUT2D eigenvalue weighted by Crippen LogP contribution is 2.18. The van der Waals surface area contributed by atoms with Crippen molar-refractivity contribution in [2.45, 2.75) is 6.54 Å². The van der Waals surface area contributed by atoms with Gasteiger partial charge in [-0.1, -0.05) is 16.8 Å². The zero-order valence-electron chi connectivity index (χ0n) is 9.88. The van der Waals surface area contributed by atoms with E-state index in [0.717, 1.165) is 16.8 Å². The fourth-order valence-electron chi connectivity index (χ4n) is 1.44. The summed E-state index contributed by atoms with van der Waals surface area (Å²) in [5.74, 6) is -2.36. The predicted octanol–water partition coefficient (Wildman–Crippen LogP) is 1.41. The number of aliphatic carboxylic acids is 1. The van der Waals surface area contributed by atoms with E-state index in [0.29, 0.717) is 0 Å². The van der Waals surface area contributed by atoms with Crippen LogP contribution in [0.2, 0.25) is 5.02 Å². The molecule has 0 spiro atoms. The van der Waals surface area contributed by atoms with Gasteiger partial charge in [0.1, 0.15) is 12.4 Å². The maximum atomic E-state index is 13.1. The number of hydrogen-bond donors (Lipinski definition) is 2. The van der Waals surface area contributed by atoms with Gasteiger partial charge in [-0.2, -0.15) is 0 Å². The van der Waals surface area contributed by atoms with E-state index in [4.69, 9.17) is 16.7 Å². The van der Waals surface area contributed by atoms with Crippen molar-refractivity contribution in [1.29, 1.82) is 0 Å². The van der Waals surface area contributed by atoms with Gasteiger partial charge in [0, 0.05) is 10.7 Å². The second kappa shape index (κ2) is 5.66. The first-order chi connectivity index (χ1) is 9.44. The molecule has 0 aliphatic carbocycles. The number of carbonyl (C=O) groups is 2. The van der Waals surface area contributed by atoms with Crippen LogP contribution in [0.25, 0.3) is 0 Å². The quantitative estimate of drug-likeness (QED) is 0.889. The Morgan fingerprint density at radius 3 is 2.80 bits per heavy atom. The van der Waals surface area contributed by atoms with Gasteiger partial charge in [0.25, 0.3) is 5.91 Å². The molecule has 9 heteroatoms. The maximum absolute atomic E-state index is 13.1. The Hall–Kier alpha value is -2.48. The van der Waals surface area contributed by atoms with Crippen molar-refractivity contribution in [3.8, 4) is 0 Å². The molecule has 2 rings (SSSR count). The van der Waals surface area contributed by atoms with Gasteiger partial charge in [-0.25, -0.2) is 9.07 Å². The number of nitrogens with zero attached hydrogens (tertiary/aromatic N) is 3. The van der Waals surface area contributed by atoms with E-state index >= 15 is 0 Å². The fraction of sp³-hybridized carbons (Fsp3) is 0.0909. The van der Waals surface area contributed by atoms with Crippen LogP contribution < -0.4 is 5.32 Å². The van der Waals surface area contributed by atoms with Crippen molar-refractivity contribution >= 4 is 29.2 Å². The SMILES string of the molecule is O=C(O)Cn1cc(C(=O)Nc2cc(F)cc(Cl)c2)nn1. The topological polar surface area (TPSA) is 97.1 Å². The number of hydrogen-bond acceptors (Lipinski definition) is 4. The number of carboxylic acid groups (broad SMARTS) is 1. The maximum Gasteiger partial charge on any atom is 0.325 e. The summed E-state index contributed by atoms with van der Waals surface area (Å²) < 4.78 is 14.1. The minimum absolute atomic E-state index is 0.0911. The lowest BCUT2D eigenvalue weighted by atomic mass is 10.3. The molecule has 7 nitrogen and oxygen atoms in total. The van der Waals surface area contributed by atoms with Crippen molar-refractivity contribution in [2.24, 2.45) is 0 Å². The molecule has 0 unspecified atom stereocenters. The second-order valence-electron chi connectivity index (χ2n) is 3.81. The molecule has 2 aromatic rings. The summed E-state index contributed by atoms with van der Waals surface area (Å²) in [7, 11) is 0. The molecule has 0 aliphatic heterocycles. The highest BCUT2D eigenvalue weighted by molar-refractivity contribution is 6.31. The van der Waals surface area contributed by atoms with E-state index in [1.807, 2.05) is 0 Å². The lowest BCUT2D eigenvalue weighted by Gasteiger charge is -2.03. The second-order valence-corrected chi connectivity index (χ2v) is 4.24. The van der Waals surface area contributed by atoms with Crippen LogP contribution in [0.1, 0.15) is 10.5 Å². The smallest absolute Gasteiger partial charge is 0.325 e. The molecule has 104 valence electrons. The Bertz CT molecular complexity index is 653. The number of benzene rings is 1. The molecule has 20 heavy (non-hydrogen) atoms. The van der Waals surface area contributed by atoms with Crippen molar-refractivity contribution in [1.82, 2.24) is 15.0 Å². The van der Waals surface area contributed by atoms with E-state index in [2.05, 4.69) is 15.6 Å². The molecule has 0 saturated heterocycles. The molecule has 1 aromatic heterocycles. The minimum Gasteiger partial charge on any atom is -0.480 e. The molecule has 1 aromatic carbocycles. The number of halogens is 2. The van der Waals surface area contributed by atoms with Gasteiger partial charge in [-0.05, 0) is 18.2 Å². The molecule has 2 N–H and O–H groups in total. The standard InChI is InChI=1S/C11H8ClFN4O3/c12-6-1-7(13)3-8(2-6)14-11(20)9-4-17(16-15-9)5-10(18)19/h1-4H,5H2,(H,14,20)(H,18,19). The normalized spacial score (nSPS) is 10.3. The third kappa shape index (κ3) is 3.51. The highest BCUT2D eigenvalue weighted by atomic mass is 35.5. The van der Waals surface area contributed by atoms with Crippen LogP contribution >= 0.6 is 11.6 Å². The van der Waals surface area contributed by atoms with Crippen LogP contribution in [-0.4, -0.2) is 32.0 Å². The van der Waals surface area contributed by atoms with Crippen LogP contribution in [0, 0.1) is 5.82 Å². The summed E-state index contributed by atoms with van der Waals surface area (Å²) in [6.07, 6.45) is 1.17. The van der Waals surface area contributed by atoms with E-state index in [1.165, 1.54) is 12.3 Å². The average Bonchev–Trinajstić information content (AvgIpc) is 2.75. The van der Waals surface area contributed by atoms with Gasteiger partial charge < -0.3 is 10.4 Å². The van der Waals surface area contributed by atoms with Crippen molar-refractivity contribution in [3.05, 3.63) is 40.9 Å². The fourth-order valence-corrected chi connectivity index (χ4v) is 1.66. The zero-order chi connectivity index (χ0) is 14.7. The summed E-state index contributed by atoms with van der Waals surface area (Å²) in [5.41, 5.74) is 0.0689. The number of anilines is 1. The van der Waals surface area contributed by atoms with Gasteiger partial charge in [-0.3, -0.25) is 9.59 Å². The van der Waals surface area contributed by atoms with Crippen molar-refractivity contribution < 1.29 is 19.1 Å². The Labute approximate surface area is 117 Å². The summed E-state index contributed by atoms with van der Waals surface area (Å²) >= 11 is 5.65. The van der Waals surface area contributed by atoms with Crippen molar-refractivity contribution in [2.75, 3.05) is 5.32 Å². The van der Waals surface area contributed by atoms with Gasteiger partial charge in [0.2, 0.25) is 0 Å². The summed E-state index contributed by atoms with van der Waals surface area (Å²) in [6, 6.07) is 3.55. The Morgan fingerprint density at radius 2 is 2.15 bits per heavy atom. The summed E-state index contributed by atoms with van der Waals surface area (Å²) in [6.45, 7) is -0.411. The van der Waals surface area contributed by atoms with Gasteiger partial charge in [0.15, 0.2) is 5.69 Å². The minimum atomic E-state index is -1.11. The molecule has 0 saturated carbocycles. The molecule has 1 amide bonds. The van der Waals surface area contributed by atoms with Gasteiger partial charge in [0.05, 0.1) is 6.20 Å². The zero-order valence-corrected chi connectivity index (χ0v) is 10.6. The molecule has 0 fully saturated rings. The number of aromatic nitrogens is 3. The Morgan fingerprint density at radius 1 is 1.40 bits per heavy atom. The van der Waals surface area contributed by atoms with Crippen molar-refractivity contribution in [3.63, 3.8) is 0 Å². The molecular weight excluding hydrogens is 291 g/mol.